The average Bonchev–Trinajstić information content (AvgIpc) is 2.89. The third kappa shape index (κ3) is 2.66. The molecule has 21 heavy (non-hydrogen) atoms. The van der Waals surface area contributed by atoms with Gasteiger partial charge in [-0.25, -0.2) is 9.97 Å². The van der Waals surface area contributed by atoms with Gasteiger partial charge in [0, 0.05) is 17.0 Å². The Hall–Kier alpha value is -1.87. The van der Waals surface area contributed by atoms with Crippen molar-refractivity contribution in [3.63, 3.8) is 0 Å². The van der Waals surface area contributed by atoms with E-state index < -0.39 is 0 Å². The molecule has 0 aliphatic carbocycles. The van der Waals surface area contributed by atoms with Crippen molar-refractivity contribution in [1.82, 2.24) is 14.5 Å². The second kappa shape index (κ2) is 5.15. The van der Waals surface area contributed by atoms with Crippen LogP contribution in [0.15, 0.2) is 42.7 Å². The molecule has 4 heteroatoms. The fraction of sp³-hybridized carbons (Fsp3) is 0.294. The molecule has 2 heterocycles. The van der Waals surface area contributed by atoms with Crippen LogP contribution in [0.4, 0.5) is 0 Å². The number of alkyl halides is 1. The number of hydrogen-bond donors (Lipinski definition) is 0. The topological polar surface area (TPSA) is 30.7 Å². The summed E-state index contributed by atoms with van der Waals surface area (Å²) in [5.41, 5.74) is 4.11. The van der Waals surface area contributed by atoms with Crippen molar-refractivity contribution in [3.05, 3.63) is 54.0 Å². The first kappa shape index (κ1) is 14.1. The van der Waals surface area contributed by atoms with E-state index in [2.05, 4.69) is 31.8 Å². The summed E-state index contributed by atoms with van der Waals surface area (Å²) in [6.45, 7) is 6.47. The molecule has 0 amide bonds. The SMILES string of the molecule is CC(C)(C)c1cc(CCl)cc(-n2cnc3ccccc32)n1. The number of pyridine rings is 1. The van der Waals surface area contributed by atoms with Crippen LogP contribution >= 0.6 is 11.6 Å². The van der Waals surface area contributed by atoms with Gasteiger partial charge in [0.05, 0.1) is 11.0 Å². The zero-order valence-electron chi connectivity index (χ0n) is 12.5. The van der Waals surface area contributed by atoms with Gasteiger partial charge < -0.3 is 0 Å². The Bertz CT molecular complexity index is 784. The number of hydrogen-bond acceptors (Lipinski definition) is 2. The van der Waals surface area contributed by atoms with Crippen molar-refractivity contribution < 1.29 is 0 Å². The minimum Gasteiger partial charge on any atom is -0.283 e. The summed E-state index contributed by atoms with van der Waals surface area (Å²) in [4.78, 5) is 9.24. The highest BCUT2D eigenvalue weighted by Gasteiger charge is 2.18. The Labute approximate surface area is 129 Å². The number of nitrogens with zero attached hydrogens (tertiary/aromatic N) is 3. The Balaban J connectivity index is 2.22. The van der Waals surface area contributed by atoms with Crippen LogP contribution < -0.4 is 0 Å². The predicted molar refractivity (Wildman–Crippen MR) is 87.1 cm³/mol. The van der Waals surface area contributed by atoms with Crippen molar-refractivity contribution >= 4 is 22.6 Å². The van der Waals surface area contributed by atoms with E-state index in [4.69, 9.17) is 16.6 Å². The Morgan fingerprint density at radius 3 is 2.62 bits per heavy atom. The van der Waals surface area contributed by atoms with E-state index in [-0.39, 0.29) is 5.41 Å². The van der Waals surface area contributed by atoms with Crippen LogP contribution in [0.1, 0.15) is 32.0 Å². The molecule has 3 rings (SSSR count). The summed E-state index contributed by atoms with van der Waals surface area (Å²) in [7, 11) is 0. The van der Waals surface area contributed by atoms with Gasteiger partial charge in [-0.2, -0.15) is 0 Å². The molecular weight excluding hydrogens is 282 g/mol. The minimum absolute atomic E-state index is 0.0206. The maximum absolute atomic E-state index is 6.05. The number of aromatic nitrogens is 3. The fourth-order valence-electron chi connectivity index (χ4n) is 2.30. The van der Waals surface area contributed by atoms with Crippen molar-refractivity contribution in [2.75, 3.05) is 0 Å². The molecule has 0 atom stereocenters. The number of rotatable bonds is 2. The van der Waals surface area contributed by atoms with E-state index in [1.54, 1.807) is 0 Å². The second-order valence-electron chi connectivity index (χ2n) is 6.21. The van der Waals surface area contributed by atoms with Crippen LogP contribution in [0.3, 0.4) is 0 Å². The summed E-state index contributed by atoms with van der Waals surface area (Å²) in [6, 6.07) is 12.2. The molecule has 0 saturated carbocycles. The van der Waals surface area contributed by atoms with Gasteiger partial charge >= 0.3 is 0 Å². The van der Waals surface area contributed by atoms with Gasteiger partial charge in [0.15, 0.2) is 0 Å². The first-order valence-corrected chi connectivity index (χ1v) is 7.52. The molecular formula is C17H18ClN3. The van der Waals surface area contributed by atoms with Gasteiger partial charge in [0.1, 0.15) is 12.1 Å². The third-order valence-corrected chi connectivity index (χ3v) is 3.80. The first-order chi connectivity index (χ1) is 9.99. The molecule has 108 valence electrons. The van der Waals surface area contributed by atoms with E-state index in [1.165, 1.54) is 0 Å². The van der Waals surface area contributed by atoms with Gasteiger partial charge in [-0.3, -0.25) is 4.57 Å². The molecule has 0 fully saturated rings. The lowest BCUT2D eigenvalue weighted by Gasteiger charge is -2.20. The molecule has 0 unspecified atom stereocenters. The summed E-state index contributed by atoms with van der Waals surface area (Å²) in [5, 5.41) is 0. The number of imidazole rings is 1. The molecule has 2 aromatic heterocycles. The van der Waals surface area contributed by atoms with Gasteiger partial charge in [-0.1, -0.05) is 32.9 Å². The molecule has 0 spiro atoms. The molecule has 0 N–H and O–H groups in total. The number of benzene rings is 1. The summed E-state index contributed by atoms with van der Waals surface area (Å²) in [5.74, 6) is 1.34. The first-order valence-electron chi connectivity index (χ1n) is 6.99. The summed E-state index contributed by atoms with van der Waals surface area (Å²) in [6.07, 6.45) is 1.82. The molecule has 0 aliphatic heterocycles. The largest absolute Gasteiger partial charge is 0.283 e. The van der Waals surface area contributed by atoms with Gasteiger partial charge in [0.25, 0.3) is 0 Å². The zero-order chi connectivity index (χ0) is 15.0. The van der Waals surface area contributed by atoms with E-state index in [0.717, 1.165) is 28.1 Å². The van der Waals surface area contributed by atoms with Crippen molar-refractivity contribution in [2.24, 2.45) is 0 Å². The monoisotopic (exact) mass is 299 g/mol. The van der Waals surface area contributed by atoms with Crippen molar-refractivity contribution in [2.45, 2.75) is 32.1 Å². The minimum atomic E-state index is -0.0206. The number of fused-ring (bicyclic) bond motifs is 1. The third-order valence-electron chi connectivity index (χ3n) is 3.49. The zero-order valence-corrected chi connectivity index (χ0v) is 13.2. The average molecular weight is 300 g/mol. The van der Waals surface area contributed by atoms with Crippen LogP contribution in [-0.4, -0.2) is 14.5 Å². The normalized spacial score (nSPS) is 12.0. The Morgan fingerprint density at radius 2 is 1.90 bits per heavy atom. The fourth-order valence-corrected chi connectivity index (χ4v) is 2.45. The highest BCUT2D eigenvalue weighted by atomic mass is 35.5. The number of para-hydroxylation sites is 2. The molecule has 3 nitrogen and oxygen atoms in total. The van der Waals surface area contributed by atoms with Crippen LogP contribution in [0.2, 0.25) is 0 Å². The summed E-state index contributed by atoms with van der Waals surface area (Å²) >= 11 is 6.05. The lowest BCUT2D eigenvalue weighted by molar-refractivity contribution is 0.566. The maximum Gasteiger partial charge on any atom is 0.138 e. The van der Waals surface area contributed by atoms with Crippen LogP contribution in [0.25, 0.3) is 16.9 Å². The van der Waals surface area contributed by atoms with E-state index in [0.29, 0.717) is 5.88 Å². The van der Waals surface area contributed by atoms with E-state index in [1.807, 2.05) is 41.2 Å². The lowest BCUT2D eigenvalue weighted by Crippen LogP contribution is -2.15. The van der Waals surface area contributed by atoms with Crippen molar-refractivity contribution in [1.29, 1.82) is 0 Å². The van der Waals surface area contributed by atoms with E-state index >= 15 is 0 Å². The van der Waals surface area contributed by atoms with Crippen LogP contribution in [0.5, 0.6) is 0 Å². The molecule has 1 aromatic carbocycles. The van der Waals surface area contributed by atoms with E-state index in [9.17, 15) is 0 Å². The second-order valence-corrected chi connectivity index (χ2v) is 6.47. The highest BCUT2D eigenvalue weighted by molar-refractivity contribution is 6.17. The smallest absolute Gasteiger partial charge is 0.138 e. The number of halogens is 1. The predicted octanol–water partition coefficient (Wildman–Crippen LogP) is 4.46. The Morgan fingerprint density at radius 1 is 1.14 bits per heavy atom. The summed E-state index contributed by atoms with van der Waals surface area (Å²) < 4.78 is 2.01. The Kier molecular flexibility index (Phi) is 3.46. The van der Waals surface area contributed by atoms with Crippen LogP contribution in [-0.2, 0) is 11.3 Å². The molecule has 3 aromatic rings. The molecule has 0 saturated heterocycles. The lowest BCUT2D eigenvalue weighted by atomic mass is 9.91. The quantitative estimate of drug-likeness (QED) is 0.654. The van der Waals surface area contributed by atoms with Gasteiger partial charge in [-0.05, 0) is 29.8 Å². The van der Waals surface area contributed by atoms with Gasteiger partial charge in [0.2, 0.25) is 0 Å². The molecule has 0 radical (unpaired) electrons. The maximum atomic E-state index is 6.05. The standard InChI is InChI=1S/C17H18ClN3/c1-17(2,3)15-8-12(10-18)9-16(20-15)21-11-19-13-6-4-5-7-14(13)21/h4-9,11H,10H2,1-3H3. The van der Waals surface area contributed by atoms with Crippen molar-refractivity contribution in [3.8, 4) is 5.82 Å². The highest BCUT2D eigenvalue weighted by Crippen LogP contribution is 2.25. The molecule has 0 bridgehead atoms. The van der Waals surface area contributed by atoms with Crippen LogP contribution in [0, 0.1) is 0 Å². The van der Waals surface area contributed by atoms with Gasteiger partial charge in [-0.15, -0.1) is 11.6 Å². The molecule has 0 aliphatic rings.